The predicted molar refractivity (Wildman–Crippen MR) is 91.5 cm³/mol. The Labute approximate surface area is 140 Å². The molecule has 0 fully saturated rings. The zero-order chi connectivity index (χ0) is 16.1. The number of nitrogens with one attached hydrogen (secondary N) is 1. The van der Waals surface area contributed by atoms with E-state index in [1.165, 1.54) is 5.56 Å². The van der Waals surface area contributed by atoms with Crippen molar-refractivity contribution < 1.29 is 14.3 Å². The van der Waals surface area contributed by atoms with E-state index < -0.39 is 0 Å². The summed E-state index contributed by atoms with van der Waals surface area (Å²) in [4.78, 5) is 13.0. The van der Waals surface area contributed by atoms with Gasteiger partial charge in [-0.15, -0.1) is 11.3 Å². The molecule has 1 amide bonds. The lowest BCUT2D eigenvalue weighted by molar-refractivity contribution is -0.120. The van der Waals surface area contributed by atoms with Crippen LogP contribution in [-0.4, -0.2) is 25.7 Å². The van der Waals surface area contributed by atoms with Gasteiger partial charge < -0.3 is 14.8 Å². The van der Waals surface area contributed by atoms with Gasteiger partial charge in [0.1, 0.15) is 13.2 Å². The maximum Gasteiger partial charge on any atom is 0.225 e. The number of thiophene rings is 1. The molecule has 1 aromatic carbocycles. The fourth-order valence-corrected chi connectivity index (χ4v) is 3.30. The highest BCUT2D eigenvalue weighted by Crippen LogP contribution is 2.33. The van der Waals surface area contributed by atoms with Gasteiger partial charge in [0.05, 0.1) is 6.42 Å². The summed E-state index contributed by atoms with van der Waals surface area (Å²) in [6, 6.07) is 10.0. The Balaban J connectivity index is 1.47. The van der Waals surface area contributed by atoms with Gasteiger partial charge in [0.2, 0.25) is 5.91 Å². The summed E-state index contributed by atoms with van der Waals surface area (Å²) in [7, 11) is 0. The van der Waals surface area contributed by atoms with E-state index >= 15 is 0 Å². The monoisotopic (exact) mass is 331 g/mol. The molecule has 23 heavy (non-hydrogen) atoms. The zero-order valence-corrected chi connectivity index (χ0v) is 14.0. The van der Waals surface area contributed by atoms with Gasteiger partial charge in [-0.1, -0.05) is 19.1 Å². The smallest absolute Gasteiger partial charge is 0.225 e. The molecular formula is C18H21NO3S. The molecule has 3 rings (SSSR count). The van der Waals surface area contributed by atoms with Crippen molar-refractivity contribution in [3.8, 4) is 11.5 Å². The number of hydrogen-bond donors (Lipinski definition) is 1. The van der Waals surface area contributed by atoms with Crippen LogP contribution in [0.5, 0.6) is 11.5 Å². The van der Waals surface area contributed by atoms with Crippen LogP contribution in [0.3, 0.4) is 0 Å². The first-order valence-corrected chi connectivity index (χ1v) is 8.79. The summed E-state index contributed by atoms with van der Waals surface area (Å²) in [5.41, 5.74) is 1.21. The second-order valence-corrected chi connectivity index (χ2v) is 6.73. The molecule has 0 spiro atoms. The molecule has 0 saturated heterocycles. The first-order chi connectivity index (χ1) is 11.2. The highest BCUT2D eigenvalue weighted by atomic mass is 32.1. The van der Waals surface area contributed by atoms with Gasteiger partial charge in [-0.05, 0) is 41.5 Å². The summed E-state index contributed by atoms with van der Waals surface area (Å²) >= 11 is 1.61. The Kier molecular flexibility index (Phi) is 5.18. The van der Waals surface area contributed by atoms with Crippen molar-refractivity contribution >= 4 is 17.2 Å². The largest absolute Gasteiger partial charge is 0.486 e. The highest BCUT2D eigenvalue weighted by molar-refractivity contribution is 7.10. The maximum absolute atomic E-state index is 11.9. The van der Waals surface area contributed by atoms with Gasteiger partial charge >= 0.3 is 0 Å². The van der Waals surface area contributed by atoms with Gasteiger partial charge in [-0.2, -0.15) is 0 Å². The Bertz CT molecular complexity index is 654. The van der Waals surface area contributed by atoms with E-state index in [9.17, 15) is 4.79 Å². The molecule has 0 bridgehead atoms. The SMILES string of the molecule is CC(CCNC(=O)Cc1cccs1)c1ccc2c(c1)OCCO2. The number of ether oxygens (including phenoxy) is 2. The molecule has 1 atom stereocenters. The van der Waals surface area contributed by atoms with Gasteiger partial charge in [0.15, 0.2) is 11.5 Å². The van der Waals surface area contributed by atoms with Crippen molar-refractivity contribution in [1.29, 1.82) is 0 Å². The fraction of sp³-hybridized carbons (Fsp3) is 0.389. The second-order valence-electron chi connectivity index (χ2n) is 5.70. The lowest BCUT2D eigenvalue weighted by Gasteiger charge is -2.20. The number of carbonyl (C=O) groups excluding carboxylic acids is 1. The van der Waals surface area contributed by atoms with Crippen LogP contribution >= 0.6 is 11.3 Å². The van der Waals surface area contributed by atoms with E-state index in [1.807, 2.05) is 29.6 Å². The molecule has 0 aliphatic carbocycles. The number of amides is 1. The van der Waals surface area contributed by atoms with E-state index in [1.54, 1.807) is 11.3 Å². The van der Waals surface area contributed by atoms with Gasteiger partial charge in [-0.25, -0.2) is 0 Å². The van der Waals surface area contributed by atoms with Crippen LogP contribution in [0.1, 0.15) is 29.7 Å². The molecule has 5 heteroatoms. The van der Waals surface area contributed by atoms with Crippen molar-refractivity contribution in [2.24, 2.45) is 0 Å². The standard InChI is InChI=1S/C18H21NO3S/c1-13(6-7-19-18(20)12-15-3-2-10-23-15)14-4-5-16-17(11-14)22-9-8-21-16/h2-5,10-11,13H,6-9,12H2,1H3,(H,19,20). The number of benzene rings is 1. The molecule has 2 aromatic rings. The normalized spacial score (nSPS) is 14.3. The van der Waals surface area contributed by atoms with Crippen LogP contribution in [0.25, 0.3) is 0 Å². The molecule has 1 aromatic heterocycles. The van der Waals surface area contributed by atoms with Gasteiger partial charge in [0, 0.05) is 11.4 Å². The summed E-state index contributed by atoms with van der Waals surface area (Å²) in [5, 5.41) is 4.99. The molecule has 0 radical (unpaired) electrons. The lowest BCUT2D eigenvalue weighted by atomic mass is 9.97. The van der Waals surface area contributed by atoms with Crippen LogP contribution in [0.2, 0.25) is 0 Å². The maximum atomic E-state index is 11.9. The first-order valence-electron chi connectivity index (χ1n) is 7.91. The molecule has 122 valence electrons. The minimum Gasteiger partial charge on any atom is -0.486 e. The van der Waals surface area contributed by atoms with Crippen LogP contribution in [0.4, 0.5) is 0 Å². The third kappa shape index (κ3) is 4.26. The number of fused-ring (bicyclic) bond motifs is 1. The van der Waals surface area contributed by atoms with Crippen LogP contribution in [0.15, 0.2) is 35.7 Å². The summed E-state index contributed by atoms with van der Waals surface area (Å²) in [5.74, 6) is 2.08. The van der Waals surface area contributed by atoms with Crippen molar-refractivity contribution in [2.75, 3.05) is 19.8 Å². The van der Waals surface area contributed by atoms with Gasteiger partial charge in [-0.3, -0.25) is 4.79 Å². The van der Waals surface area contributed by atoms with E-state index in [0.717, 1.165) is 22.8 Å². The third-order valence-electron chi connectivity index (χ3n) is 3.95. The van der Waals surface area contributed by atoms with E-state index in [4.69, 9.17) is 9.47 Å². The first kappa shape index (κ1) is 15.9. The molecule has 0 saturated carbocycles. The Hall–Kier alpha value is -2.01. The Morgan fingerprint density at radius 3 is 2.87 bits per heavy atom. The van der Waals surface area contributed by atoms with Crippen molar-refractivity contribution in [3.05, 3.63) is 46.2 Å². The van der Waals surface area contributed by atoms with Crippen molar-refractivity contribution in [2.45, 2.75) is 25.7 Å². The lowest BCUT2D eigenvalue weighted by Crippen LogP contribution is -2.26. The molecule has 1 unspecified atom stereocenters. The molecule has 1 aliphatic heterocycles. The third-order valence-corrected chi connectivity index (χ3v) is 4.83. The van der Waals surface area contributed by atoms with E-state index in [-0.39, 0.29) is 5.91 Å². The average Bonchev–Trinajstić information content (AvgIpc) is 3.07. The number of hydrogen-bond acceptors (Lipinski definition) is 4. The highest BCUT2D eigenvalue weighted by Gasteiger charge is 2.14. The van der Waals surface area contributed by atoms with E-state index in [0.29, 0.717) is 32.1 Å². The summed E-state index contributed by atoms with van der Waals surface area (Å²) < 4.78 is 11.2. The quantitative estimate of drug-likeness (QED) is 0.883. The molecule has 4 nitrogen and oxygen atoms in total. The number of carbonyl (C=O) groups is 1. The summed E-state index contributed by atoms with van der Waals surface area (Å²) in [6.45, 7) is 4.05. The Morgan fingerprint density at radius 2 is 2.09 bits per heavy atom. The Morgan fingerprint density at radius 1 is 1.26 bits per heavy atom. The molecule has 2 heterocycles. The van der Waals surface area contributed by atoms with E-state index in [2.05, 4.69) is 18.3 Å². The number of rotatable bonds is 6. The average molecular weight is 331 g/mol. The minimum atomic E-state index is 0.0850. The van der Waals surface area contributed by atoms with Gasteiger partial charge in [0.25, 0.3) is 0 Å². The van der Waals surface area contributed by atoms with Crippen molar-refractivity contribution in [3.63, 3.8) is 0 Å². The van der Waals surface area contributed by atoms with Crippen LogP contribution in [-0.2, 0) is 11.2 Å². The van der Waals surface area contributed by atoms with Crippen LogP contribution in [0, 0.1) is 0 Å². The predicted octanol–water partition coefficient (Wildman–Crippen LogP) is 3.37. The second kappa shape index (κ2) is 7.51. The fourth-order valence-electron chi connectivity index (χ4n) is 2.60. The minimum absolute atomic E-state index is 0.0850. The molecule has 1 N–H and O–H groups in total. The topological polar surface area (TPSA) is 47.6 Å². The molecular weight excluding hydrogens is 310 g/mol. The zero-order valence-electron chi connectivity index (χ0n) is 13.2. The van der Waals surface area contributed by atoms with Crippen molar-refractivity contribution in [1.82, 2.24) is 5.32 Å². The van der Waals surface area contributed by atoms with Crippen LogP contribution < -0.4 is 14.8 Å². The molecule has 1 aliphatic rings. The summed E-state index contributed by atoms with van der Waals surface area (Å²) in [6.07, 6.45) is 1.37.